The van der Waals surface area contributed by atoms with Gasteiger partial charge in [0.25, 0.3) is 0 Å². The Balaban J connectivity index is 2.29. The standard InChI is InChI=1S/C21H30N2O/c1-6-24-21-12-16(3)15(2)11-20(21)18(14-22)13-17-7-9-19(10-8-17)23(4)5/h7-12,18H,6,13-14,22H2,1-5H3. The zero-order chi connectivity index (χ0) is 17.7. The molecule has 0 aliphatic rings. The Bertz CT molecular complexity index is 662. The number of aryl methyl sites for hydroxylation is 2. The summed E-state index contributed by atoms with van der Waals surface area (Å²) in [6.07, 6.45) is 0.923. The predicted octanol–water partition coefficient (Wildman–Crippen LogP) is 4.05. The van der Waals surface area contributed by atoms with Gasteiger partial charge < -0.3 is 15.4 Å². The summed E-state index contributed by atoms with van der Waals surface area (Å²) >= 11 is 0. The molecule has 1 unspecified atom stereocenters. The molecular formula is C21H30N2O. The molecule has 3 nitrogen and oxygen atoms in total. The fraction of sp³-hybridized carbons (Fsp3) is 0.429. The molecule has 0 heterocycles. The van der Waals surface area contributed by atoms with Crippen molar-refractivity contribution in [2.45, 2.75) is 33.1 Å². The second-order valence-corrected chi connectivity index (χ2v) is 6.60. The summed E-state index contributed by atoms with van der Waals surface area (Å²) in [4.78, 5) is 2.11. The normalized spacial score (nSPS) is 12.1. The van der Waals surface area contributed by atoms with Crippen molar-refractivity contribution in [1.29, 1.82) is 0 Å². The molecule has 0 amide bonds. The maximum absolute atomic E-state index is 6.12. The monoisotopic (exact) mass is 326 g/mol. The van der Waals surface area contributed by atoms with Gasteiger partial charge in [0, 0.05) is 25.7 Å². The second kappa shape index (κ2) is 8.20. The van der Waals surface area contributed by atoms with Crippen LogP contribution in [0.3, 0.4) is 0 Å². The fourth-order valence-corrected chi connectivity index (χ4v) is 2.95. The lowest BCUT2D eigenvalue weighted by Crippen LogP contribution is -2.17. The van der Waals surface area contributed by atoms with Crippen LogP contribution in [0.2, 0.25) is 0 Å². The topological polar surface area (TPSA) is 38.5 Å². The number of nitrogens with zero attached hydrogens (tertiary/aromatic N) is 1. The first-order chi connectivity index (χ1) is 11.5. The third kappa shape index (κ3) is 4.30. The van der Waals surface area contributed by atoms with Crippen molar-refractivity contribution < 1.29 is 4.74 Å². The van der Waals surface area contributed by atoms with Gasteiger partial charge in [-0.3, -0.25) is 0 Å². The number of nitrogens with two attached hydrogens (primary N) is 1. The highest BCUT2D eigenvalue weighted by Crippen LogP contribution is 2.32. The quantitative estimate of drug-likeness (QED) is 0.834. The van der Waals surface area contributed by atoms with Gasteiger partial charge in [-0.05, 0) is 74.2 Å². The Hall–Kier alpha value is -2.00. The van der Waals surface area contributed by atoms with Crippen molar-refractivity contribution in [3.63, 3.8) is 0 Å². The largest absolute Gasteiger partial charge is 0.494 e. The summed E-state index contributed by atoms with van der Waals surface area (Å²) in [5.74, 6) is 1.23. The summed E-state index contributed by atoms with van der Waals surface area (Å²) in [6, 6.07) is 13.1. The molecule has 24 heavy (non-hydrogen) atoms. The van der Waals surface area contributed by atoms with Gasteiger partial charge in [-0.25, -0.2) is 0 Å². The number of benzene rings is 2. The van der Waals surface area contributed by atoms with Crippen LogP contribution in [-0.4, -0.2) is 27.2 Å². The van der Waals surface area contributed by atoms with Crippen LogP contribution in [0.4, 0.5) is 5.69 Å². The Morgan fingerprint density at radius 1 is 1.04 bits per heavy atom. The first kappa shape index (κ1) is 18.3. The van der Waals surface area contributed by atoms with Gasteiger partial charge in [-0.2, -0.15) is 0 Å². The van der Waals surface area contributed by atoms with Gasteiger partial charge in [0.2, 0.25) is 0 Å². The van der Waals surface area contributed by atoms with Crippen LogP contribution in [-0.2, 0) is 6.42 Å². The number of hydrogen-bond donors (Lipinski definition) is 1. The number of ether oxygens (including phenoxy) is 1. The Morgan fingerprint density at radius 2 is 1.67 bits per heavy atom. The molecule has 0 radical (unpaired) electrons. The van der Waals surface area contributed by atoms with Crippen LogP contribution in [0.25, 0.3) is 0 Å². The molecule has 2 N–H and O–H groups in total. The van der Waals surface area contributed by atoms with Crippen molar-refractivity contribution >= 4 is 5.69 Å². The van der Waals surface area contributed by atoms with E-state index in [-0.39, 0.29) is 5.92 Å². The maximum atomic E-state index is 6.12. The molecule has 2 aromatic carbocycles. The summed E-state index contributed by atoms with van der Waals surface area (Å²) < 4.78 is 5.88. The SMILES string of the molecule is CCOc1cc(C)c(C)cc1C(CN)Cc1ccc(N(C)C)cc1. The average molecular weight is 326 g/mol. The molecule has 0 spiro atoms. The number of rotatable bonds is 7. The van der Waals surface area contributed by atoms with E-state index in [0.717, 1.165) is 12.2 Å². The lowest BCUT2D eigenvalue weighted by Gasteiger charge is -2.21. The molecule has 0 saturated heterocycles. The van der Waals surface area contributed by atoms with Gasteiger partial charge in [-0.1, -0.05) is 18.2 Å². The molecule has 130 valence electrons. The zero-order valence-corrected chi connectivity index (χ0v) is 15.6. The maximum Gasteiger partial charge on any atom is 0.123 e. The van der Waals surface area contributed by atoms with Crippen LogP contribution in [0.5, 0.6) is 5.75 Å². The third-order valence-corrected chi connectivity index (χ3v) is 4.59. The van der Waals surface area contributed by atoms with Crippen molar-refractivity contribution in [3.05, 3.63) is 58.7 Å². The Kier molecular flexibility index (Phi) is 6.27. The van der Waals surface area contributed by atoms with E-state index >= 15 is 0 Å². The molecule has 0 bridgehead atoms. The first-order valence-corrected chi connectivity index (χ1v) is 8.66. The molecular weight excluding hydrogens is 296 g/mol. The van der Waals surface area contributed by atoms with E-state index in [2.05, 4.69) is 69.2 Å². The van der Waals surface area contributed by atoms with Crippen LogP contribution >= 0.6 is 0 Å². The summed E-state index contributed by atoms with van der Waals surface area (Å²) in [7, 11) is 4.11. The molecule has 0 aromatic heterocycles. The van der Waals surface area contributed by atoms with Crippen molar-refractivity contribution in [3.8, 4) is 5.75 Å². The van der Waals surface area contributed by atoms with E-state index in [0.29, 0.717) is 13.2 Å². The first-order valence-electron chi connectivity index (χ1n) is 8.66. The molecule has 2 rings (SSSR count). The Morgan fingerprint density at radius 3 is 2.21 bits per heavy atom. The highest BCUT2D eigenvalue weighted by atomic mass is 16.5. The molecule has 3 heteroatoms. The summed E-state index contributed by atoms with van der Waals surface area (Å²) in [5.41, 5.74) is 12.4. The highest BCUT2D eigenvalue weighted by molar-refractivity contribution is 5.47. The van der Waals surface area contributed by atoms with Crippen molar-refractivity contribution in [1.82, 2.24) is 0 Å². The number of hydrogen-bond acceptors (Lipinski definition) is 3. The van der Waals surface area contributed by atoms with Crippen LogP contribution in [0.1, 0.15) is 35.1 Å². The van der Waals surface area contributed by atoms with E-state index in [4.69, 9.17) is 10.5 Å². The molecule has 0 saturated carbocycles. The minimum Gasteiger partial charge on any atom is -0.494 e. The molecule has 0 fully saturated rings. The molecule has 1 atom stereocenters. The van der Waals surface area contributed by atoms with E-state index in [1.54, 1.807) is 0 Å². The van der Waals surface area contributed by atoms with Gasteiger partial charge in [-0.15, -0.1) is 0 Å². The van der Waals surface area contributed by atoms with Crippen LogP contribution in [0, 0.1) is 13.8 Å². The van der Waals surface area contributed by atoms with Gasteiger partial charge in [0.05, 0.1) is 6.61 Å². The zero-order valence-electron chi connectivity index (χ0n) is 15.6. The smallest absolute Gasteiger partial charge is 0.123 e. The Labute approximate surface area is 146 Å². The van der Waals surface area contributed by atoms with E-state index in [9.17, 15) is 0 Å². The number of anilines is 1. The van der Waals surface area contributed by atoms with Gasteiger partial charge in [0.1, 0.15) is 5.75 Å². The van der Waals surface area contributed by atoms with Crippen LogP contribution < -0.4 is 15.4 Å². The minimum absolute atomic E-state index is 0.260. The third-order valence-electron chi connectivity index (χ3n) is 4.59. The van der Waals surface area contributed by atoms with Gasteiger partial charge in [0.15, 0.2) is 0 Å². The van der Waals surface area contributed by atoms with E-state index in [1.807, 2.05) is 6.92 Å². The molecule has 2 aromatic rings. The van der Waals surface area contributed by atoms with E-state index in [1.165, 1.54) is 27.9 Å². The van der Waals surface area contributed by atoms with Crippen molar-refractivity contribution in [2.75, 3.05) is 32.1 Å². The summed E-state index contributed by atoms with van der Waals surface area (Å²) in [5, 5.41) is 0. The van der Waals surface area contributed by atoms with Gasteiger partial charge >= 0.3 is 0 Å². The highest BCUT2D eigenvalue weighted by Gasteiger charge is 2.17. The summed E-state index contributed by atoms with van der Waals surface area (Å²) in [6.45, 7) is 7.58. The second-order valence-electron chi connectivity index (χ2n) is 6.60. The fourth-order valence-electron chi connectivity index (χ4n) is 2.95. The average Bonchev–Trinajstić information content (AvgIpc) is 2.56. The minimum atomic E-state index is 0.260. The van der Waals surface area contributed by atoms with Crippen LogP contribution in [0.15, 0.2) is 36.4 Å². The molecule has 0 aliphatic heterocycles. The van der Waals surface area contributed by atoms with E-state index < -0.39 is 0 Å². The lowest BCUT2D eigenvalue weighted by atomic mass is 9.89. The predicted molar refractivity (Wildman–Crippen MR) is 103 cm³/mol. The lowest BCUT2D eigenvalue weighted by molar-refractivity contribution is 0.333. The molecule has 0 aliphatic carbocycles. The van der Waals surface area contributed by atoms with Crippen molar-refractivity contribution in [2.24, 2.45) is 5.73 Å².